The van der Waals surface area contributed by atoms with Gasteiger partial charge in [0.2, 0.25) is 0 Å². The smallest absolute Gasteiger partial charge is 0.172 e. The number of aromatic nitrogens is 3. The van der Waals surface area contributed by atoms with Gasteiger partial charge in [0.25, 0.3) is 0 Å². The molecule has 0 saturated heterocycles. The molecular formula is C14H12ClN3OS. The Kier molecular flexibility index (Phi) is 3.80. The van der Waals surface area contributed by atoms with Gasteiger partial charge in [-0.2, -0.15) is 0 Å². The zero-order valence-corrected chi connectivity index (χ0v) is 12.3. The van der Waals surface area contributed by atoms with Crippen molar-refractivity contribution in [2.75, 3.05) is 6.61 Å². The number of halogens is 1. The predicted molar refractivity (Wildman–Crippen MR) is 80.6 cm³/mol. The van der Waals surface area contributed by atoms with Gasteiger partial charge in [-0.15, -0.1) is 0 Å². The maximum absolute atomic E-state index is 5.87. The lowest BCUT2D eigenvalue weighted by atomic mass is 10.3. The lowest BCUT2D eigenvalue weighted by molar-refractivity contribution is 0.340. The van der Waals surface area contributed by atoms with E-state index in [0.29, 0.717) is 11.8 Å². The van der Waals surface area contributed by atoms with Crippen LogP contribution in [-0.4, -0.2) is 21.6 Å². The summed E-state index contributed by atoms with van der Waals surface area (Å²) in [5.74, 6) is 0.834. The van der Waals surface area contributed by atoms with Gasteiger partial charge >= 0.3 is 0 Å². The molecule has 2 aromatic heterocycles. The number of rotatable bonds is 4. The number of ether oxygens (including phenoxy) is 1. The Hall–Kier alpha value is -1.72. The minimum absolute atomic E-state index is 0.477. The van der Waals surface area contributed by atoms with E-state index in [0.717, 1.165) is 27.0 Å². The van der Waals surface area contributed by atoms with Crippen LogP contribution in [0.1, 0.15) is 6.92 Å². The van der Waals surface area contributed by atoms with Crippen molar-refractivity contribution in [3.05, 3.63) is 41.6 Å². The van der Waals surface area contributed by atoms with E-state index >= 15 is 0 Å². The molecule has 102 valence electrons. The number of aromatic amines is 1. The molecule has 3 aromatic rings. The van der Waals surface area contributed by atoms with Crippen molar-refractivity contribution in [2.24, 2.45) is 0 Å². The molecule has 0 bridgehead atoms. The lowest BCUT2D eigenvalue weighted by Gasteiger charge is -2.00. The lowest BCUT2D eigenvalue weighted by Crippen LogP contribution is -1.90. The van der Waals surface area contributed by atoms with Gasteiger partial charge in [-0.3, -0.25) is 0 Å². The molecule has 0 aliphatic heterocycles. The molecular weight excluding hydrogens is 294 g/mol. The second kappa shape index (κ2) is 5.73. The predicted octanol–water partition coefficient (Wildman–Crippen LogP) is 4.16. The quantitative estimate of drug-likeness (QED) is 0.735. The minimum Gasteiger partial charge on any atom is -0.494 e. The molecule has 0 atom stereocenters. The van der Waals surface area contributed by atoms with Crippen LogP contribution < -0.4 is 4.74 Å². The summed E-state index contributed by atoms with van der Waals surface area (Å²) in [6, 6.07) is 11.3. The number of benzene rings is 1. The average Bonchev–Trinajstić information content (AvgIpc) is 2.80. The SMILES string of the molecule is CCOc1ccc2nc(Sc3cccc(Cl)n3)[nH]c2c1. The monoisotopic (exact) mass is 305 g/mol. The Bertz CT molecular complexity index is 744. The fourth-order valence-corrected chi connectivity index (χ4v) is 2.82. The average molecular weight is 306 g/mol. The zero-order chi connectivity index (χ0) is 13.9. The standard InChI is InChI=1S/C14H12ClN3OS/c1-2-19-9-6-7-10-11(8-9)17-14(16-10)20-13-5-3-4-12(15)18-13/h3-8H,2H2,1H3,(H,16,17). The molecule has 3 rings (SSSR count). The second-order valence-corrected chi connectivity index (χ2v) is 5.45. The molecule has 20 heavy (non-hydrogen) atoms. The largest absolute Gasteiger partial charge is 0.494 e. The van der Waals surface area contributed by atoms with Gasteiger partial charge in [-0.05, 0) is 43.0 Å². The number of fused-ring (bicyclic) bond motifs is 1. The van der Waals surface area contributed by atoms with Crippen LogP contribution in [0.25, 0.3) is 11.0 Å². The van der Waals surface area contributed by atoms with Crippen LogP contribution in [0.15, 0.2) is 46.6 Å². The summed E-state index contributed by atoms with van der Waals surface area (Å²) >= 11 is 7.32. The molecule has 0 spiro atoms. The number of hydrogen-bond donors (Lipinski definition) is 1. The summed E-state index contributed by atoms with van der Waals surface area (Å²) in [6.07, 6.45) is 0. The number of pyridine rings is 1. The molecule has 6 heteroatoms. The summed E-state index contributed by atoms with van der Waals surface area (Å²) in [7, 11) is 0. The highest BCUT2D eigenvalue weighted by Crippen LogP contribution is 2.28. The Balaban J connectivity index is 1.89. The van der Waals surface area contributed by atoms with Gasteiger partial charge in [0.15, 0.2) is 5.16 Å². The molecule has 0 radical (unpaired) electrons. The Morgan fingerprint density at radius 3 is 2.95 bits per heavy atom. The normalized spacial score (nSPS) is 10.9. The first-order chi connectivity index (χ1) is 9.74. The van der Waals surface area contributed by atoms with E-state index in [9.17, 15) is 0 Å². The van der Waals surface area contributed by atoms with Gasteiger partial charge in [0.1, 0.15) is 15.9 Å². The molecule has 0 fully saturated rings. The van der Waals surface area contributed by atoms with E-state index in [1.807, 2.05) is 37.3 Å². The molecule has 0 aliphatic carbocycles. The molecule has 1 aromatic carbocycles. The fourth-order valence-electron chi connectivity index (χ4n) is 1.82. The highest BCUT2D eigenvalue weighted by Gasteiger charge is 2.07. The van der Waals surface area contributed by atoms with E-state index < -0.39 is 0 Å². The summed E-state index contributed by atoms with van der Waals surface area (Å²) in [6.45, 7) is 2.61. The number of imidazole rings is 1. The van der Waals surface area contributed by atoms with Crippen molar-refractivity contribution in [3.63, 3.8) is 0 Å². The highest BCUT2D eigenvalue weighted by molar-refractivity contribution is 7.99. The topological polar surface area (TPSA) is 50.8 Å². The molecule has 2 heterocycles. The maximum atomic E-state index is 5.87. The Morgan fingerprint density at radius 1 is 1.25 bits per heavy atom. The maximum Gasteiger partial charge on any atom is 0.172 e. The van der Waals surface area contributed by atoms with Crippen molar-refractivity contribution < 1.29 is 4.74 Å². The summed E-state index contributed by atoms with van der Waals surface area (Å²) < 4.78 is 5.47. The van der Waals surface area contributed by atoms with E-state index in [4.69, 9.17) is 16.3 Å². The van der Waals surface area contributed by atoms with E-state index in [2.05, 4.69) is 15.0 Å². The first-order valence-corrected chi connectivity index (χ1v) is 7.37. The molecule has 0 amide bonds. The first kappa shape index (κ1) is 13.3. The molecule has 4 nitrogen and oxygen atoms in total. The number of H-pyrrole nitrogens is 1. The van der Waals surface area contributed by atoms with Crippen molar-refractivity contribution >= 4 is 34.4 Å². The first-order valence-electron chi connectivity index (χ1n) is 6.17. The van der Waals surface area contributed by atoms with E-state index in [1.54, 1.807) is 6.07 Å². The van der Waals surface area contributed by atoms with E-state index in [1.165, 1.54) is 11.8 Å². The van der Waals surface area contributed by atoms with Crippen LogP contribution in [0.2, 0.25) is 5.15 Å². The number of hydrogen-bond acceptors (Lipinski definition) is 4. The van der Waals surface area contributed by atoms with Crippen molar-refractivity contribution in [1.29, 1.82) is 0 Å². The summed E-state index contributed by atoms with van der Waals surface area (Å²) in [5.41, 5.74) is 1.85. The van der Waals surface area contributed by atoms with Gasteiger partial charge in [0.05, 0.1) is 17.6 Å². The third-order valence-electron chi connectivity index (χ3n) is 2.63. The highest BCUT2D eigenvalue weighted by atomic mass is 35.5. The van der Waals surface area contributed by atoms with Crippen LogP contribution >= 0.6 is 23.4 Å². The van der Waals surface area contributed by atoms with Gasteiger partial charge in [-0.1, -0.05) is 17.7 Å². The Morgan fingerprint density at radius 2 is 2.15 bits per heavy atom. The van der Waals surface area contributed by atoms with Crippen molar-refractivity contribution in [2.45, 2.75) is 17.1 Å². The molecule has 0 saturated carbocycles. The third kappa shape index (κ3) is 2.89. The zero-order valence-electron chi connectivity index (χ0n) is 10.8. The van der Waals surface area contributed by atoms with Crippen molar-refractivity contribution in [1.82, 2.24) is 15.0 Å². The van der Waals surface area contributed by atoms with Gasteiger partial charge < -0.3 is 9.72 Å². The summed E-state index contributed by atoms with van der Waals surface area (Å²) in [5, 5.41) is 2.06. The minimum atomic E-state index is 0.477. The third-order valence-corrected chi connectivity index (χ3v) is 3.67. The summed E-state index contributed by atoms with van der Waals surface area (Å²) in [4.78, 5) is 12.0. The second-order valence-electron chi connectivity index (χ2n) is 4.05. The van der Waals surface area contributed by atoms with Gasteiger partial charge in [0, 0.05) is 6.07 Å². The molecule has 1 N–H and O–H groups in total. The number of nitrogens with one attached hydrogen (secondary N) is 1. The fraction of sp³-hybridized carbons (Fsp3) is 0.143. The van der Waals surface area contributed by atoms with Crippen LogP contribution in [0.4, 0.5) is 0 Å². The van der Waals surface area contributed by atoms with Crippen LogP contribution in [0.3, 0.4) is 0 Å². The Labute approximate surface area is 125 Å². The van der Waals surface area contributed by atoms with Crippen LogP contribution in [0, 0.1) is 0 Å². The van der Waals surface area contributed by atoms with Crippen LogP contribution in [-0.2, 0) is 0 Å². The van der Waals surface area contributed by atoms with Crippen molar-refractivity contribution in [3.8, 4) is 5.75 Å². The molecule has 0 aliphatic rings. The van der Waals surface area contributed by atoms with Gasteiger partial charge in [-0.25, -0.2) is 9.97 Å². The van der Waals surface area contributed by atoms with Crippen LogP contribution in [0.5, 0.6) is 5.75 Å². The van der Waals surface area contributed by atoms with E-state index in [-0.39, 0.29) is 0 Å². The molecule has 0 unspecified atom stereocenters. The number of nitrogens with zero attached hydrogens (tertiary/aromatic N) is 2.